The number of hydrogen-bond donors (Lipinski definition) is 2. The second kappa shape index (κ2) is 9.29. The molecule has 6 nitrogen and oxygen atoms in total. The Morgan fingerprint density at radius 1 is 1.12 bits per heavy atom. The monoisotopic (exact) mass is 455 g/mol. The van der Waals surface area contributed by atoms with Gasteiger partial charge < -0.3 is 10.6 Å². The number of nitrogens with one attached hydrogen (secondary N) is 2. The van der Waals surface area contributed by atoms with Gasteiger partial charge in [0, 0.05) is 0 Å². The highest BCUT2D eigenvalue weighted by atomic mass is 19.1. The van der Waals surface area contributed by atoms with Gasteiger partial charge in [-0.3, -0.25) is 14.5 Å². The first-order chi connectivity index (χ1) is 15.8. The molecule has 33 heavy (non-hydrogen) atoms. The molecule has 2 aromatic rings. The lowest BCUT2D eigenvalue weighted by molar-refractivity contribution is -0.136. The Labute approximate surface area is 191 Å². The molecule has 2 N–H and O–H groups in total. The molecule has 0 unspecified atom stereocenters. The van der Waals surface area contributed by atoms with Crippen LogP contribution in [0, 0.1) is 17.6 Å². The van der Waals surface area contributed by atoms with Gasteiger partial charge in [-0.2, -0.15) is 0 Å². The quantitative estimate of drug-likeness (QED) is 0.650. The van der Waals surface area contributed by atoms with Gasteiger partial charge in [0.25, 0.3) is 5.91 Å². The number of carbonyl (C=O) groups is 3. The third kappa shape index (κ3) is 5.05. The molecule has 1 atom stereocenters. The van der Waals surface area contributed by atoms with Crippen LogP contribution in [0.25, 0.3) is 0 Å². The van der Waals surface area contributed by atoms with Crippen LogP contribution < -0.4 is 10.6 Å². The standard InChI is InChI=1S/C25H27F2N3O3/c1-16-8-10-25(11-9-16)23(32)30(24(33)29-25)15-22(31)28-21(18-5-3-7-20(27)14-18)13-17-4-2-6-19(26)12-17/h2-7,12,14,16,21H,8-11,13,15H2,1H3,(H,28,31)(H,29,33)/t16?,21-,25?/m0/s1. The zero-order valence-corrected chi connectivity index (χ0v) is 18.4. The third-order valence-electron chi connectivity index (χ3n) is 6.59. The van der Waals surface area contributed by atoms with E-state index in [1.807, 2.05) is 0 Å². The minimum absolute atomic E-state index is 0.217. The zero-order chi connectivity index (χ0) is 23.6. The Bertz CT molecular complexity index is 1070. The summed E-state index contributed by atoms with van der Waals surface area (Å²) in [5, 5.41) is 5.59. The highest BCUT2D eigenvalue weighted by molar-refractivity contribution is 6.09. The first-order valence-electron chi connectivity index (χ1n) is 11.2. The Balaban J connectivity index is 1.49. The van der Waals surface area contributed by atoms with Crippen molar-refractivity contribution < 1.29 is 23.2 Å². The number of carbonyl (C=O) groups excluding carboxylic acids is 3. The molecule has 1 heterocycles. The summed E-state index contributed by atoms with van der Waals surface area (Å²) in [6, 6.07) is 10.5. The van der Waals surface area contributed by atoms with Gasteiger partial charge >= 0.3 is 6.03 Å². The number of halogens is 2. The molecule has 1 saturated heterocycles. The Morgan fingerprint density at radius 3 is 2.45 bits per heavy atom. The highest BCUT2D eigenvalue weighted by Gasteiger charge is 2.52. The van der Waals surface area contributed by atoms with Crippen LogP contribution in [-0.4, -0.2) is 34.8 Å². The summed E-state index contributed by atoms with van der Waals surface area (Å²) in [7, 11) is 0. The molecule has 8 heteroatoms. The van der Waals surface area contributed by atoms with E-state index in [1.165, 1.54) is 30.3 Å². The molecule has 1 spiro atoms. The van der Waals surface area contributed by atoms with E-state index in [1.54, 1.807) is 18.2 Å². The summed E-state index contributed by atoms with van der Waals surface area (Å²) in [6.45, 7) is 1.68. The zero-order valence-electron chi connectivity index (χ0n) is 18.4. The average molecular weight is 456 g/mol. The minimum atomic E-state index is -0.923. The second-order valence-electron chi connectivity index (χ2n) is 9.10. The molecular weight excluding hydrogens is 428 g/mol. The van der Waals surface area contributed by atoms with Crippen molar-refractivity contribution in [3.05, 3.63) is 71.3 Å². The van der Waals surface area contributed by atoms with Crippen LogP contribution in [0.4, 0.5) is 13.6 Å². The van der Waals surface area contributed by atoms with E-state index in [0.717, 1.165) is 17.7 Å². The van der Waals surface area contributed by atoms with Crippen molar-refractivity contribution in [2.75, 3.05) is 6.54 Å². The highest BCUT2D eigenvalue weighted by Crippen LogP contribution is 2.36. The van der Waals surface area contributed by atoms with Crippen molar-refractivity contribution in [2.45, 2.75) is 50.6 Å². The SMILES string of the molecule is CC1CCC2(CC1)NC(=O)N(CC(=O)N[C@@H](Cc1cccc(F)c1)c1cccc(F)c1)C2=O. The van der Waals surface area contributed by atoms with E-state index in [-0.39, 0.29) is 12.3 Å². The predicted molar refractivity (Wildman–Crippen MR) is 118 cm³/mol. The van der Waals surface area contributed by atoms with Gasteiger partial charge in [0.05, 0.1) is 6.04 Å². The van der Waals surface area contributed by atoms with Crippen LogP contribution >= 0.6 is 0 Å². The molecule has 2 aliphatic rings. The van der Waals surface area contributed by atoms with Crippen molar-refractivity contribution in [2.24, 2.45) is 5.92 Å². The number of rotatable bonds is 6. The van der Waals surface area contributed by atoms with E-state index in [0.29, 0.717) is 29.9 Å². The number of imide groups is 1. The molecule has 1 aliphatic carbocycles. The lowest BCUT2D eigenvalue weighted by Gasteiger charge is -2.33. The van der Waals surface area contributed by atoms with Crippen LogP contribution in [0.5, 0.6) is 0 Å². The topological polar surface area (TPSA) is 78.5 Å². The Hall–Kier alpha value is -3.29. The van der Waals surface area contributed by atoms with Crippen molar-refractivity contribution in [1.29, 1.82) is 0 Å². The average Bonchev–Trinajstić information content (AvgIpc) is 2.99. The summed E-state index contributed by atoms with van der Waals surface area (Å²) >= 11 is 0. The van der Waals surface area contributed by atoms with Gasteiger partial charge in [-0.25, -0.2) is 13.6 Å². The summed E-state index contributed by atoms with van der Waals surface area (Å²) in [4.78, 5) is 39.4. The van der Waals surface area contributed by atoms with Gasteiger partial charge in [-0.05, 0) is 73.4 Å². The fraction of sp³-hybridized carbons (Fsp3) is 0.400. The van der Waals surface area contributed by atoms with Gasteiger partial charge in [0.1, 0.15) is 23.7 Å². The molecule has 1 saturated carbocycles. The summed E-state index contributed by atoms with van der Waals surface area (Å²) < 4.78 is 27.5. The van der Waals surface area contributed by atoms with Crippen LogP contribution in [0.3, 0.4) is 0 Å². The molecule has 2 fully saturated rings. The van der Waals surface area contributed by atoms with E-state index in [9.17, 15) is 23.2 Å². The third-order valence-corrected chi connectivity index (χ3v) is 6.59. The Morgan fingerprint density at radius 2 is 1.79 bits per heavy atom. The van der Waals surface area contributed by atoms with Gasteiger partial charge in [0.2, 0.25) is 5.91 Å². The van der Waals surface area contributed by atoms with Crippen LogP contribution in [-0.2, 0) is 16.0 Å². The number of urea groups is 1. The van der Waals surface area contributed by atoms with E-state index in [2.05, 4.69) is 17.6 Å². The van der Waals surface area contributed by atoms with Gasteiger partial charge in [0.15, 0.2) is 0 Å². The maximum atomic E-state index is 13.8. The fourth-order valence-corrected chi connectivity index (χ4v) is 4.67. The summed E-state index contributed by atoms with van der Waals surface area (Å²) in [5.41, 5.74) is 0.199. The van der Waals surface area contributed by atoms with Crippen molar-refractivity contribution in [1.82, 2.24) is 15.5 Å². The van der Waals surface area contributed by atoms with Gasteiger partial charge in [-0.1, -0.05) is 31.2 Å². The molecule has 174 valence electrons. The minimum Gasteiger partial charge on any atom is -0.347 e. The van der Waals surface area contributed by atoms with Crippen LogP contribution in [0.15, 0.2) is 48.5 Å². The molecule has 4 rings (SSSR count). The lowest BCUT2D eigenvalue weighted by atomic mass is 9.77. The lowest BCUT2D eigenvalue weighted by Crippen LogP contribution is -2.50. The number of amides is 4. The fourth-order valence-electron chi connectivity index (χ4n) is 4.67. The molecule has 0 bridgehead atoms. The van der Waals surface area contributed by atoms with Crippen molar-refractivity contribution in [3.63, 3.8) is 0 Å². The largest absolute Gasteiger partial charge is 0.347 e. The normalized spacial score (nSPS) is 23.5. The van der Waals surface area contributed by atoms with Crippen molar-refractivity contribution >= 4 is 17.8 Å². The van der Waals surface area contributed by atoms with Crippen LogP contribution in [0.2, 0.25) is 0 Å². The molecule has 4 amide bonds. The predicted octanol–water partition coefficient (Wildman–Crippen LogP) is 3.87. The van der Waals surface area contributed by atoms with E-state index in [4.69, 9.17) is 0 Å². The maximum absolute atomic E-state index is 13.8. The van der Waals surface area contributed by atoms with E-state index < -0.39 is 41.7 Å². The molecule has 2 aromatic carbocycles. The van der Waals surface area contributed by atoms with E-state index >= 15 is 0 Å². The number of nitrogens with zero attached hydrogens (tertiary/aromatic N) is 1. The summed E-state index contributed by atoms with van der Waals surface area (Å²) in [5.74, 6) is -1.31. The van der Waals surface area contributed by atoms with Crippen LogP contribution in [0.1, 0.15) is 49.8 Å². The van der Waals surface area contributed by atoms with Crippen molar-refractivity contribution in [3.8, 4) is 0 Å². The maximum Gasteiger partial charge on any atom is 0.325 e. The number of benzene rings is 2. The first kappa shape index (κ1) is 22.9. The molecule has 0 aromatic heterocycles. The molecule has 0 radical (unpaired) electrons. The summed E-state index contributed by atoms with van der Waals surface area (Å²) in [6.07, 6.45) is 3.00. The second-order valence-corrected chi connectivity index (χ2v) is 9.10. The number of hydrogen-bond acceptors (Lipinski definition) is 3. The van der Waals surface area contributed by atoms with Gasteiger partial charge in [-0.15, -0.1) is 0 Å². The Kier molecular flexibility index (Phi) is 6.44. The molecule has 1 aliphatic heterocycles. The first-order valence-corrected chi connectivity index (χ1v) is 11.2. The molecular formula is C25H27F2N3O3. The smallest absolute Gasteiger partial charge is 0.325 e.